The highest BCUT2D eigenvalue weighted by atomic mass is 16.6. The summed E-state index contributed by atoms with van der Waals surface area (Å²) in [6.07, 6.45) is 6.46. The maximum atomic E-state index is 12.8. The molecule has 6 heteroatoms. The van der Waals surface area contributed by atoms with Crippen molar-refractivity contribution in [2.75, 3.05) is 13.1 Å². The lowest BCUT2D eigenvalue weighted by atomic mass is 9.44. The predicted molar refractivity (Wildman–Crippen MR) is 94.2 cm³/mol. The number of hydrogen-bond acceptors (Lipinski definition) is 4. The molecule has 0 spiro atoms. The Bertz CT molecular complexity index is 581. The van der Waals surface area contributed by atoms with Crippen LogP contribution in [-0.2, 0) is 9.53 Å². The summed E-state index contributed by atoms with van der Waals surface area (Å²) in [5, 5.41) is 13.2. The van der Waals surface area contributed by atoms with E-state index in [0.29, 0.717) is 49.2 Å². The van der Waals surface area contributed by atoms with E-state index in [4.69, 9.17) is 4.74 Å². The average molecular weight is 362 g/mol. The van der Waals surface area contributed by atoms with Crippen LogP contribution in [-0.4, -0.2) is 53.3 Å². The van der Waals surface area contributed by atoms with Gasteiger partial charge in [0.05, 0.1) is 19.2 Å². The number of nitrogens with zero attached hydrogens (tertiary/aromatic N) is 1. The molecule has 0 radical (unpaired) electrons. The van der Waals surface area contributed by atoms with Gasteiger partial charge in [0.2, 0.25) is 5.91 Å². The van der Waals surface area contributed by atoms with Crippen molar-refractivity contribution in [1.29, 1.82) is 0 Å². The molecule has 0 aromatic heterocycles. The Hall–Kier alpha value is -1.30. The second kappa shape index (κ2) is 5.85. The van der Waals surface area contributed by atoms with Crippen LogP contribution in [0.4, 0.5) is 4.79 Å². The Kier molecular flexibility index (Phi) is 3.79. The predicted octanol–water partition coefficient (Wildman–Crippen LogP) is 1.91. The van der Waals surface area contributed by atoms with Crippen molar-refractivity contribution >= 4 is 12.0 Å². The van der Waals surface area contributed by atoms with E-state index in [1.165, 1.54) is 0 Å². The normalized spacial score (nSPS) is 43.9. The first-order valence-corrected chi connectivity index (χ1v) is 10.4. The number of ether oxygens (including phenoxy) is 1. The molecule has 0 aromatic carbocycles. The second-order valence-corrected chi connectivity index (χ2v) is 9.77. The SMILES string of the molecule is CC1(CC(=O)N2CC(OC(=O)NC3CC3)C2)C2CC3CC1CC(C2)C3O. The van der Waals surface area contributed by atoms with Crippen molar-refractivity contribution in [1.82, 2.24) is 10.2 Å². The largest absolute Gasteiger partial charge is 0.442 e. The van der Waals surface area contributed by atoms with Gasteiger partial charge in [0.25, 0.3) is 0 Å². The van der Waals surface area contributed by atoms with Crippen LogP contribution in [0.25, 0.3) is 0 Å². The van der Waals surface area contributed by atoms with Crippen molar-refractivity contribution < 1.29 is 19.4 Å². The standard InChI is InChI=1S/C20H30N2O4/c1-20(13-4-11-5-14(20)7-12(6-13)18(11)24)8-17(23)22-9-16(10-22)26-19(25)21-15-2-3-15/h11-16,18,24H,2-10H2,1H3,(H,21,25). The molecule has 1 aliphatic heterocycles. The van der Waals surface area contributed by atoms with Gasteiger partial charge in [-0.15, -0.1) is 0 Å². The number of amides is 2. The topological polar surface area (TPSA) is 78.9 Å². The van der Waals surface area contributed by atoms with Crippen LogP contribution in [0.1, 0.15) is 51.9 Å². The van der Waals surface area contributed by atoms with Crippen molar-refractivity contribution in [3.63, 3.8) is 0 Å². The molecule has 2 N–H and O–H groups in total. The average Bonchev–Trinajstić information content (AvgIpc) is 3.32. The van der Waals surface area contributed by atoms with Gasteiger partial charge in [0.1, 0.15) is 6.10 Å². The molecule has 6 rings (SSSR count). The molecule has 0 atom stereocenters. The molecule has 6 fully saturated rings. The lowest BCUT2D eigenvalue weighted by Crippen LogP contribution is -2.60. The second-order valence-electron chi connectivity index (χ2n) is 9.77. The third kappa shape index (κ3) is 2.72. The maximum absolute atomic E-state index is 12.8. The van der Waals surface area contributed by atoms with Crippen LogP contribution in [0.2, 0.25) is 0 Å². The molecular formula is C20H30N2O4. The van der Waals surface area contributed by atoms with E-state index in [1.54, 1.807) is 0 Å². The minimum absolute atomic E-state index is 0.0829. The zero-order chi connectivity index (χ0) is 18.1. The van der Waals surface area contributed by atoms with Gasteiger partial charge >= 0.3 is 6.09 Å². The molecular weight excluding hydrogens is 332 g/mol. The van der Waals surface area contributed by atoms with E-state index < -0.39 is 0 Å². The number of nitrogens with one attached hydrogen (secondary N) is 1. The van der Waals surface area contributed by atoms with Crippen molar-refractivity contribution in [2.45, 2.75) is 70.1 Å². The monoisotopic (exact) mass is 362 g/mol. The molecule has 0 aromatic rings. The molecule has 6 nitrogen and oxygen atoms in total. The number of carbonyl (C=O) groups is 2. The molecule has 5 aliphatic carbocycles. The summed E-state index contributed by atoms with van der Waals surface area (Å²) in [6.45, 7) is 3.37. The van der Waals surface area contributed by atoms with Crippen LogP contribution >= 0.6 is 0 Å². The fourth-order valence-corrected chi connectivity index (χ4v) is 6.22. The van der Waals surface area contributed by atoms with Crippen LogP contribution in [0, 0.1) is 29.1 Å². The van der Waals surface area contributed by atoms with Crippen molar-refractivity contribution in [3.8, 4) is 0 Å². The zero-order valence-corrected chi connectivity index (χ0v) is 15.5. The van der Waals surface area contributed by atoms with Gasteiger partial charge < -0.3 is 20.1 Å². The first-order valence-electron chi connectivity index (χ1n) is 10.4. The maximum Gasteiger partial charge on any atom is 0.407 e. The first kappa shape index (κ1) is 16.8. The van der Waals surface area contributed by atoms with Gasteiger partial charge in [-0.05, 0) is 67.6 Å². The lowest BCUT2D eigenvalue weighted by Gasteiger charge is -2.62. The lowest BCUT2D eigenvalue weighted by molar-refractivity contribution is -0.174. The Morgan fingerprint density at radius 1 is 1.12 bits per heavy atom. The number of alkyl carbamates (subject to hydrolysis) is 1. The number of rotatable bonds is 4. The van der Waals surface area contributed by atoms with Gasteiger partial charge in [-0.3, -0.25) is 4.79 Å². The van der Waals surface area contributed by atoms with Crippen molar-refractivity contribution in [2.24, 2.45) is 29.1 Å². The molecule has 5 saturated carbocycles. The summed E-state index contributed by atoms with van der Waals surface area (Å²) in [6, 6.07) is 0.302. The molecule has 1 saturated heterocycles. The van der Waals surface area contributed by atoms with Crippen LogP contribution < -0.4 is 5.32 Å². The van der Waals surface area contributed by atoms with Gasteiger partial charge in [-0.25, -0.2) is 4.79 Å². The first-order chi connectivity index (χ1) is 12.4. The summed E-state index contributed by atoms with van der Waals surface area (Å²) >= 11 is 0. The summed E-state index contributed by atoms with van der Waals surface area (Å²) in [7, 11) is 0. The Balaban J connectivity index is 1.14. The number of hydrogen-bond donors (Lipinski definition) is 2. The quantitative estimate of drug-likeness (QED) is 0.801. The van der Waals surface area contributed by atoms with Gasteiger partial charge in [-0.1, -0.05) is 6.92 Å². The molecule has 2 amide bonds. The third-order valence-corrected chi connectivity index (χ3v) is 8.09. The van der Waals surface area contributed by atoms with Crippen LogP contribution in [0.15, 0.2) is 0 Å². The van der Waals surface area contributed by atoms with E-state index in [1.807, 2.05) is 4.90 Å². The van der Waals surface area contributed by atoms with E-state index in [0.717, 1.165) is 38.5 Å². The van der Waals surface area contributed by atoms with Gasteiger partial charge in [0.15, 0.2) is 0 Å². The third-order valence-electron chi connectivity index (χ3n) is 8.09. The molecule has 1 heterocycles. The highest BCUT2D eigenvalue weighted by Gasteiger charge is 2.58. The fourth-order valence-electron chi connectivity index (χ4n) is 6.22. The minimum Gasteiger partial charge on any atom is -0.442 e. The number of likely N-dealkylation sites (tertiary alicyclic amines) is 1. The molecule has 26 heavy (non-hydrogen) atoms. The summed E-state index contributed by atoms with van der Waals surface area (Å²) in [4.78, 5) is 26.4. The highest BCUT2D eigenvalue weighted by molar-refractivity contribution is 5.78. The number of aliphatic hydroxyl groups excluding tert-OH is 1. The smallest absolute Gasteiger partial charge is 0.407 e. The van der Waals surface area contributed by atoms with Gasteiger partial charge in [-0.2, -0.15) is 0 Å². The summed E-state index contributed by atoms with van der Waals surface area (Å²) in [5.74, 6) is 2.30. The number of carbonyl (C=O) groups excluding carboxylic acids is 2. The molecule has 6 aliphatic rings. The minimum atomic E-state index is -0.337. The van der Waals surface area contributed by atoms with Crippen LogP contribution in [0.5, 0.6) is 0 Å². The summed E-state index contributed by atoms with van der Waals surface area (Å²) < 4.78 is 5.37. The van der Waals surface area contributed by atoms with E-state index in [2.05, 4.69) is 12.2 Å². The highest BCUT2D eigenvalue weighted by Crippen LogP contribution is 2.63. The fraction of sp³-hybridized carbons (Fsp3) is 0.900. The van der Waals surface area contributed by atoms with Gasteiger partial charge in [0, 0.05) is 12.5 Å². The van der Waals surface area contributed by atoms with Crippen molar-refractivity contribution in [3.05, 3.63) is 0 Å². The molecule has 4 bridgehead atoms. The Morgan fingerprint density at radius 3 is 2.23 bits per heavy atom. The van der Waals surface area contributed by atoms with E-state index in [-0.39, 0.29) is 29.6 Å². The summed E-state index contributed by atoms with van der Waals surface area (Å²) in [5.41, 5.74) is 0.0829. The van der Waals surface area contributed by atoms with E-state index in [9.17, 15) is 14.7 Å². The number of aliphatic hydroxyl groups is 1. The zero-order valence-electron chi connectivity index (χ0n) is 15.5. The molecule has 144 valence electrons. The van der Waals surface area contributed by atoms with E-state index >= 15 is 0 Å². The Morgan fingerprint density at radius 2 is 1.69 bits per heavy atom. The van der Waals surface area contributed by atoms with Crippen LogP contribution in [0.3, 0.4) is 0 Å². The Labute approximate surface area is 154 Å². The molecule has 0 unspecified atom stereocenters.